The summed E-state index contributed by atoms with van der Waals surface area (Å²) in [6, 6.07) is 27.3. The lowest BCUT2D eigenvalue weighted by molar-refractivity contribution is -0.129. The molecule has 0 saturated carbocycles. The van der Waals surface area contributed by atoms with Crippen LogP contribution in [0.25, 0.3) is 12.2 Å². The molecule has 0 aliphatic carbocycles. The van der Waals surface area contributed by atoms with E-state index in [0.717, 1.165) is 16.9 Å². The summed E-state index contributed by atoms with van der Waals surface area (Å²) in [6.45, 7) is 2.74. The number of hydrogen-bond donors (Lipinski definition) is 1. The molecule has 0 atom stereocenters. The molecular weight excluding hydrogens is 520 g/mol. The van der Waals surface area contributed by atoms with Crippen molar-refractivity contribution in [2.24, 2.45) is 0 Å². The van der Waals surface area contributed by atoms with Crippen molar-refractivity contribution >= 4 is 24.0 Å². The SMILES string of the molecule is CCOc1cc(/C=C(\C#N)C(=O)NCc2ccco2)ccc1OC(=O)/C=C/c1ccc(OCc2ccccc2)cc1. The van der Waals surface area contributed by atoms with Crippen molar-refractivity contribution in [3.63, 3.8) is 0 Å². The molecule has 0 unspecified atom stereocenters. The number of nitrogens with one attached hydrogen (secondary N) is 1. The fourth-order valence-electron chi connectivity index (χ4n) is 3.68. The Morgan fingerprint density at radius 1 is 0.927 bits per heavy atom. The number of rotatable bonds is 12. The highest BCUT2D eigenvalue weighted by atomic mass is 16.6. The molecule has 1 heterocycles. The Kier molecular flexibility index (Phi) is 10.1. The van der Waals surface area contributed by atoms with Gasteiger partial charge < -0.3 is 23.9 Å². The molecule has 1 aromatic heterocycles. The number of ether oxygens (including phenoxy) is 3. The van der Waals surface area contributed by atoms with Gasteiger partial charge in [0.25, 0.3) is 5.91 Å². The minimum Gasteiger partial charge on any atom is -0.490 e. The maximum Gasteiger partial charge on any atom is 0.336 e. The van der Waals surface area contributed by atoms with Crippen LogP contribution in [-0.4, -0.2) is 18.5 Å². The van der Waals surface area contributed by atoms with Gasteiger partial charge in [-0.15, -0.1) is 0 Å². The van der Waals surface area contributed by atoms with Crippen LogP contribution in [0, 0.1) is 11.3 Å². The van der Waals surface area contributed by atoms with Crippen molar-refractivity contribution in [1.29, 1.82) is 5.26 Å². The summed E-state index contributed by atoms with van der Waals surface area (Å²) in [5.74, 6) is 0.672. The van der Waals surface area contributed by atoms with Gasteiger partial charge in [0.2, 0.25) is 0 Å². The smallest absolute Gasteiger partial charge is 0.336 e. The summed E-state index contributed by atoms with van der Waals surface area (Å²) in [7, 11) is 0. The van der Waals surface area contributed by atoms with Gasteiger partial charge in [0.05, 0.1) is 19.4 Å². The highest BCUT2D eigenvalue weighted by Gasteiger charge is 2.13. The number of benzene rings is 3. The topological polar surface area (TPSA) is 111 Å². The number of nitriles is 1. The van der Waals surface area contributed by atoms with Crippen molar-refractivity contribution in [2.75, 3.05) is 6.61 Å². The number of hydrogen-bond acceptors (Lipinski definition) is 7. The van der Waals surface area contributed by atoms with E-state index in [-0.39, 0.29) is 17.9 Å². The van der Waals surface area contributed by atoms with Gasteiger partial charge >= 0.3 is 5.97 Å². The van der Waals surface area contributed by atoms with Crippen LogP contribution in [0.5, 0.6) is 17.2 Å². The van der Waals surface area contributed by atoms with Gasteiger partial charge in [-0.2, -0.15) is 5.26 Å². The lowest BCUT2D eigenvalue weighted by Gasteiger charge is -2.11. The van der Waals surface area contributed by atoms with Crippen molar-refractivity contribution in [2.45, 2.75) is 20.1 Å². The monoisotopic (exact) mass is 548 g/mol. The van der Waals surface area contributed by atoms with E-state index in [1.54, 1.807) is 43.3 Å². The predicted octanol–water partition coefficient (Wildman–Crippen LogP) is 6.10. The van der Waals surface area contributed by atoms with Crippen LogP contribution in [0.3, 0.4) is 0 Å². The van der Waals surface area contributed by atoms with E-state index in [1.807, 2.05) is 60.7 Å². The van der Waals surface area contributed by atoms with Gasteiger partial charge in [0.15, 0.2) is 11.5 Å². The van der Waals surface area contributed by atoms with Crippen LogP contribution in [0.2, 0.25) is 0 Å². The highest BCUT2D eigenvalue weighted by molar-refractivity contribution is 6.01. The lowest BCUT2D eigenvalue weighted by Crippen LogP contribution is -2.23. The standard InChI is InChI=1S/C33H28N2O6/c1-2-38-31-20-26(19-27(21-34)33(37)35-22-29-9-6-18-39-29)12-16-30(31)41-32(36)17-13-24-10-14-28(15-11-24)40-23-25-7-4-3-5-8-25/h3-20H,2,22-23H2,1H3,(H,35,37)/b17-13+,27-19+. The summed E-state index contributed by atoms with van der Waals surface area (Å²) >= 11 is 0. The minimum atomic E-state index is -0.589. The summed E-state index contributed by atoms with van der Waals surface area (Å²) in [4.78, 5) is 25.0. The summed E-state index contributed by atoms with van der Waals surface area (Å²) in [5.41, 5.74) is 2.31. The molecule has 0 aliphatic rings. The zero-order valence-corrected chi connectivity index (χ0v) is 22.4. The third-order valence-electron chi connectivity index (χ3n) is 5.70. The van der Waals surface area contributed by atoms with E-state index in [2.05, 4.69) is 5.32 Å². The normalized spacial score (nSPS) is 11.1. The summed E-state index contributed by atoms with van der Waals surface area (Å²) < 4.78 is 22.1. The van der Waals surface area contributed by atoms with Crippen LogP contribution in [0.15, 0.2) is 107 Å². The third kappa shape index (κ3) is 8.73. The number of furan rings is 1. The van der Waals surface area contributed by atoms with Crippen LogP contribution < -0.4 is 19.5 Å². The van der Waals surface area contributed by atoms with Crippen LogP contribution in [0.4, 0.5) is 0 Å². The molecule has 0 radical (unpaired) electrons. The Bertz CT molecular complexity index is 1550. The molecule has 0 fully saturated rings. The molecule has 4 aromatic rings. The molecule has 0 saturated heterocycles. The summed E-state index contributed by atoms with van der Waals surface area (Å²) in [6.07, 6.45) is 5.89. The second-order valence-electron chi connectivity index (χ2n) is 8.67. The van der Waals surface area contributed by atoms with Gasteiger partial charge in [0.1, 0.15) is 29.8 Å². The van der Waals surface area contributed by atoms with Gasteiger partial charge in [-0.05, 0) is 72.2 Å². The molecule has 0 aliphatic heterocycles. The highest BCUT2D eigenvalue weighted by Crippen LogP contribution is 2.30. The van der Waals surface area contributed by atoms with E-state index in [0.29, 0.717) is 30.3 Å². The van der Waals surface area contributed by atoms with E-state index in [9.17, 15) is 14.9 Å². The molecule has 41 heavy (non-hydrogen) atoms. The largest absolute Gasteiger partial charge is 0.490 e. The molecular formula is C33H28N2O6. The second-order valence-corrected chi connectivity index (χ2v) is 8.67. The van der Waals surface area contributed by atoms with E-state index in [1.165, 1.54) is 18.4 Å². The Morgan fingerprint density at radius 2 is 1.71 bits per heavy atom. The molecule has 1 amide bonds. The molecule has 8 heteroatoms. The third-order valence-corrected chi connectivity index (χ3v) is 5.70. The first-order chi connectivity index (χ1) is 20.0. The minimum absolute atomic E-state index is 0.0943. The maximum atomic E-state index is 12.5. The fraction of sp³-hybridized carbons (Fsp3) is 0.121. The molecule has 0 spiro atoms. The Morgan fingerprint density at radius 3 is 2.41 bits per heavy atom. The first-order valence-corrected chi connectivity index (χ1v) is 12.9. The van der Waals surface area contributed by atoms with E-state index >= 15 is 0 Å². The molecule has 3 aromatic carbocycles. The van der Waals surface area contributed by atoms with E-state index in [4.69, 9.17) is 18.6 Å². The van der Waals surface area contributed by atoms with Crippen molar-refractivity contribution in [3.05, 3.63) is 125 Å². The molecule has 4 rings (SSSR count). The average molecular weight is 549 g/mol. The van der Waals surface area contributed by atoms with Crippen molar-refractivity contribution < 1.29 is 28.2 Å². The van der Waals surface area contributed by atoms with Crippen LogP contribution in [-0.2, 0) is 22.7 Å². The van der Waals surface area contributed by atoms with Crippen molar-refractivity contribution in [3.8, 4) is 23.3 Å². The average Bonchev–Trinajstić information content (AvgIpc) is 3.53. The number of esters is 1. The first kappa shape index (κ1) is 28.5. The maximum absolute atomic E-state index is 12.5. The van der Waals surface area contributed by atoms with Crippen LogP contribution >= 0.6 is 0 Å². The second kappa shape index (κ2) is 14.6. The zero-order chi connectivity index (χ0) is 28.9. The predicted molar refractivity (Wildman–Crippen MR) is 154 cm³/mol. The number of carbonyl (C=O) groups excluding carboxylic acids is 2. The van der Waals surface area contributed by atoms with E-state index < -0.39 is 11.9 Å². The number of nitrogens with zero attached hydrogens (tertiary/aromatic N) is 1. The molecule has 8 nitrogen and oxygen atoms in total. The Balaban J connectivity index is 1.36. The Hall–Kier alpha value is -5.55. The van der Waals surface area contributed by atoms with Gasteiger partial charge in [-0.3, -0.25) is 4.79 Å². The number of amides is 1. The molecule has 0 bridgehead atoms. The quantitative estimate of drug-likeness (QED) is 0.0986. The van der Waals surface area contributed by atoms with Gasteiger partial charge in [-0.25, -0.2) is 4.79 Å². The van der Waals surface area contributed by atoms with Crippen molar-refractivity contribution in [1.82, 2.24) is 5.32 Å². The van der Waals surface area contributed by atoms with Crippen LogP contribution in [0.1, 0.15) is 29.4 Å². The lowest BCUT2D eigenvalue weighted by atomic mass is 10.1. The zero-order valence-electron chi connectivity index (χ0n) is 22.4. The van der Waals surface area contributed by atoms with Gasteiger partial charge in [0, 0.05) is 6.08 Å². The molecule has 1 N–H and O–H groups in total. The Labute approximate surface area is 238 Å². The number of carbonyl (C=O) groups is 2. The first-order valence-electron chi connectivity index (χ1n) is 12.9. The fourth-order valence-corrected chi connectivity index (χ4v) is 3.68. The summed E-state index contributed by atoms with van der Waals surface area (Å²) in [5, 5.41) is 12.1. The van der Waals surface area contributed by atoms with Gasteiger partial charge in [-0.1, -0.05) is 48.5 Å². The molecule has 206 valence electrons.